The molecule has 7 heteroatoms. The second-order valence-corrected chi connectivity index (χ2v) is 11.9. The van der Waals surface area contributed by atoms with Crippen molar-refractivity contribution in [3.05, 3.63) is 64.3 Å². The van der Waals surface area contributed by atoms with E-state index in [9.17, 15) is 0 Å². The molecule has 1 saturated heterocycles. The van der Waals surface area contributed by atoms with Gasteiger partial charge in [0.15, 0.2) is 0 Å². The summed E-state index contributed by atoms with van der Waals surface area (Å²) in [5.74, 6) is 0. The molecule has 5 rings (SSSR count). The molecule has 0 aliphatic carbocycles. The van der Waals surface area contributed by atoms with Gasteiger partial charge in [0.1, 0.15) is 0 Å². The maximum Gasteiger partial charge on any atom is 0.252 e. The highest BCUT2D eigenvalue weighted by molar-refractivity contribution is 6.44. The summed E-state index contributed by atoms with van der Waals surface area (Å²) in [5.41, 5.74) is 18.1. The van der Waals surface area contributed by atoms with Gasteiger partial charge in [-0.05, 0) is 17.7 Å². The molecule has 1 fully saturated rings. The maximum atomic E-state index is 7.00. The van der Waals surface area contributed by atoms with E-state index in [1.165, 1.54) is 5.56 Å². The molecule has 1 aliphatic rings. The predicted molar refractivity (Wildman–Crippen MR) is 154 cm³/mol. The number of hydrogen-bond donors (Lipinski definition) is 2. The quantitative estimate of drug-likeness (QED) is 0.179. The lowest BCUT2D eigenvalue weighted by molar-refractivity contribution is -1.17. The molecule has 2 heterocycles. The number of benzene rings is 3. The summed E-state index contributed by atoms with van der Waals surface area (Å²) in [6.45, 7) is 4.44. The van der Waals surface area contributed by atoms with Crippen LogP contribution < -0.4 is 11.5 Å². The summed E-state index contributed by atoms with van der Waals surface area (Å²) in [4.78, 5) is 4.73. The van der Waals surface area contributed by atoms with E-state index in [0.29, 0.717) is 21.4 Å². The van der Waals surface area contributed by atoms with Crippen molar-refractivity contribution in [2.45, 2.75) is 25.4 Å². The summed E-state index contributed by atoms with van der Waals surface area (Å²) in [5, 5.41) is 3.56. The number of fused-ring (bicyclic) bond motifs is 3. The molecule has 1 aromatic heterocycles. The molecule has 0 radical (unpaired) electrons. The molecular weight excluding hydrogens is 489 g/mol. The average molecular weight is 525 g/mol. The highest BCUT2D eigenvalue weighted by atomic mass is 35.5. The van der Waals surface area contributed by atoms with E-state index in [1.54, 1.807) is 0 Å². The Hall–Kier alpha value is -2.57. The number of nitrogens with zero attached hydrogens (tertiary/aromatic N) is 3. The van der Waals surface area contributed by atoms with Gasteiger partial charge >= 0.3 is 0 Å². The molecule has 0 amide bonds. The van der Waals surface area contributed by atoms with Gasteiger partial charge in [-0.1, -0.05) is 60.5 Å². The Labute approximate surface area is 223 Å². The van der Waals surface area contributed by atoms with Gasteiger partial charge in [-0.15, -0.1) is 0 Å². The molecule has 36 heavy (non-hydrogen) atoms. The van der Waals surface area contributed by atoms with Crippen molar-refractivity contribution in [2.24, 2.45) is 0 Å². The molecule has 1 aliphatic heterocycles. The topological polar surface area (TPSA) is 64.9 Å². The van der Waals surface area contributed by atoms with E-state index in [2.05, 4.69) is 65.4 Å². The number of pyridine rings is 1. The third-order valence-electron chi connectivity index (χ3n) is 8.63. The monoisotopic (exact) mass is 523 g/mol. The second-order valence-electron chi connectivity index (χ2n) is 11.1. The molecule has 5 nitrogen and oxygen atoms in total. The highest BCUT2D eigenvalue weighted by Gasteiger charge is 2.62. The molecule has 0 unspecified atom stereocenters. The summed E-state index contributed by atoms with van der Waals surface area (Å²) in [6, 6.07) is 14.5. The number of nitrogen functional groups attached to an aromatic ring is 2. The SMILES string of the molecule is CCC1(c2c(-c3ccccc3)cc(N)c3cnc4cc(Cl)c(N)c(Cl)c4c23)[N+](C)(C)CCC[N+]1(C)C. The average Bonchev–Trinajstić information content (AvgIpc) is 2.83. The first-order valence-corrected chi connectivity index (χ1v) is 13.2. The Bertz CT molecular complexity index is 1480. The number of hydrogen-bond acceptors (Lipinski definition) is 3. The first kappa shape index (κ1) is 25.1. The molecule has 0 spiro atoms. The van der Waals surface area contributed by atoms with Crippen LogP contribution in [0.25, 0.3) is 32.8 Å². The number of aromatic nitrogens is 1. The van der Waals surface area contributed by atoms with Gasteiger partial charge in [0.2, 0.25) is 0 Å². The van der Waals surface area contributed by atoms with Gasteiger partial charge in [0.05, 0.1) is 74.5 Å². The van der Waals surface area contributed by atoms with E-state index in [1.807, 2.05) is 18.3 Å². The molecule has 4 N–H and O–H groups in total. The van der Waals surface area contributed by atoms with Crippen LogP contribution in [0.15, 0.2) is 48.7 Å². The van der Waals surface area contributed by atoms with Crippen molar-refractivity contribution in [1.82, 2.24) is 4.98 Å². The van der Waals surface area contributed by atoms with Crippen LogP contribution in [-0.2, 0) is 5.66 Å². The summed E-state index contributed by atoms with van der Waals surface area (Å²) in [6.07, 6.45) is 3.94. The second kappa shape index (κ2) is 8.49. The zero-order valence-electron chi connectivity index (χ0n) is 21.7. The zero-order valence-corrected chi connectivity index (χ0v) is 23.2. The largest absolute Gasteiger partial charge is 0.398 e. The first-order valence-electron chi connectivity index (χ1n) is 12.5. The van der Waals surface area contributed by atoms with Gasteiger partial charge in [0, 0.05) is 40.0 Å². The van der Waals surface area contributed by atoms with Gasteiger partial charge < -0.3 is 11.5 Å². The Morgan fingerprint density at radius 3 is 2.19 bits per heavy atom. The minimum Gasteiger partial charge on any atom is -0.398 e. The van der Waals surface area contributed by atoms with E-state index in [-0.39, 0.29) is 5.66 Å². The van der Waals surface area contributed by atoms with Crippen LogP contribution in [-0.4, -0.2) is 55.2 Å². The molecule has 4 aromatic rings. The Morgan fingerprint density at radius 2 is 1.58 bits per heavy atom. The predicted octanol–water partition coefficient (Wildman–Crippen LogP) is 6.65. The van der Waals surface area contributed by atoms with Crippen molar-refractivity contribution in [1.29, 1.82) is 0 Å². The van der Waals surface area contributed by atoms with E-state index in [0.717, 1.165) is 67.7 Å². The number of nitrogens with two attached hydrogens (primary N) is 2. The van der Waals surface area contributed by atoms with E-state index < -0.39 is 0 Å². The maximum absolute atomic E-state index is 7.00. The van der Waals surface area contributed by atoms with Crippen LogP contribution in [0.1, 0.15) is 25.3 Å². The molecule has 0 bridgehead atoms. The van der Waals surface area contributed by atoms with Crippen molar-refractivity contribution in [2.75, 3.05) is 52.7 Å². The Morgan fingerprint density at radius 1 is 0.944 bits per heavy atom. The first-order chi connectivity index (χ1) is 17.0. The fourth-order valence-corrected chi connectivity index (χ4v) is 7.62. The van der Waals surface area contributed by atoms with Gasteiger partial charge in [0.25, 0.3) is 5.66 Å². The highest BCUT2D eigenvalue weighted by Crippen LogP contribution is 2.54. The third-order valence-corrected chi connectivity index (χ3v) is 9.34. The van der Waals surface area contributed by atoms with Gasteiger partial charge in [-0.3, -0.25) is 14.0 Å². The number of quaternary nitrogens is 2. The lowest BCUT2D eigenvalue weighted by Crippen LogP contribution is -2.75. The normalized spacial score (nSPS) is 18.5. The molecular formula is C29H35Cl2N5+2. The number of rotatable bonds is 3. The molecule has 0 atom stereocenters. The van der Waals surface area contributed by atoms with Gasteiger partial charge in [-0.25, -0.2) is 0 Å². The number of anilines is 2. The minimum absolute atomic E-state index is 0.290. The molecule has 188 valence electrons. The fourth-order valence-electron chi connectivity index (χ4n) is 7.08. The summed E-state index contributed by atoms with van der Waals surface area (Å²) < 4.78 is 1.67. The van der Waals surface area contributed by atoms with Crippen LogP contribution in [0.5, 0.6) is 0 Å². The number of halogens is 2. The van der Waals surface area contributed by atoms with Crippen molar-refractivity contribution in [3.63, 3.8) is 0 Å². The van der Waals surface area contributed by atoms with Crippen LogP contribution in [0.4, 0.5) is 11.4 Å². The minimum atomic E-state index is -0.290. The van der Waals surface area contributed by atoms with Crippen LogP contribution in [0, 0.1) is 0 Å². The van der Waals surface area contributed by atoms with Gasteiger partial charge in [-0.2, -0.15) is 0 Å². The van der Waals surface area contributed by atoms with Crippen LogP contribution >= 0.6 is 23.2 Å². The van der Waals surface area contributed by atoms with Crippen molar-refractivity contribution < 1.29 is 8.97 Å². The third kappa shape index (κ3) is 3.33. The molecule has 0 saturated carbocycles. The fraction of sp³-hybridized carbons (Fsp3) is 0.345. The van der Waals surface area contributed by atoms with Crippen molar-refractivity contribution in [3.8, 4) is 11.1 Å². The summed E-state index contributed by atoms with van der Waals surface area (Å²) >= 11 is 13.5. The Balaban J connectivity index is 2.13. The Kier molecular flexibility index (Phi) is 5.92. The van der Waals surface area contributed by atoms with Crippen LogP contribution in [0.3, 0.4) is 0 Å². The molecule has 3 aromatic carbocycles. The smallest absolute Gasteiger partial charge is 0.252 e. The zero-order chi connectivity index (χ0) is 26.0. The summed E-state index contributed by atoms with van der Waals surface area (Å²) in [7, 11) is 9.43. The van der Waals surface area contributed by atoms with E-state index >= 15 is 0 Å². The van der Waals surface area contributed by atoms with E-state index in [4.69, 9.17) is 39.7 Å². The van der Waals surface area contributed by atoms with Crippen molar-refractivity contribution >= 4 is 56.3 Å². The standard InChI is InChI=1S/C29H35Cl2N5/c1-6-29(35(2,3)13-10-14-36(29,4)5)26-19(18-11-8-7-9-12-18)15-22(32)20-17-34-23-16-21(30)28(33)27(31)25(23)24(20)26/h7-9,11-12,15-17H,6,10,13-14,32-33H2,1-5H3/q+2. The van der Waals surface area contributed by atoms with Crippen LogP contribution in [0.2, 0.25) is 10.0 Å². The lowest BCUT2D eigenvalue weighted by atomic mass is 9.78. The lowest BCUT2D eigenvalue weighted by Gasteiger charge is -2.60.